The van der Waals surface area contributed by atoms with Gasteiger partial charge < -0.3 is 5.11 Å². The topological polar surface area (TPSA) is 63.1 Å². The van der Waals surface area contributed by atoms with Crippen molar-refractivity contribution < 1.29 is 9.90 Å². The number of carboxylic acid groups (broad SMARTS) is 1. The first-order valence-corrected chi connectivity index (χ1v) is 3.45. The maximum Gasteiger partial charge on any atom is 0.328 e. The summed E-state index contributed by atoms with van der Waals surface area (Å²) in [6.07, 6.45) is 5.09. The second-order valence-electron chi connectivity index (χ2n) is 1.94. The molecule has 0 spiro atoms. The van der Waals surface area contributed by atoms with Gasteiger partial charge in [-0.25, -0.2) is 9.78 Å². The zero-order valence-corrected chi connectivity index (χ0v) is 6.69. The number of aliphatic carboxylic acids is 1. The summed E-state index contributed by atoms with van der Waals surface area (Å²) in [5.41, 5.74) is 0.421. The Labute approximate surface area is 73.5 Å². The maximum atomic E-state index is 10.1. The number of carboxylic acids is 1. The highest BCUT2D eigenvalue weighted by Crippen LogP contribution is 2.03. The number of hydrogen-bond acceptors (Lipinski definition) is 3. The molecule has 1 aromatic rings. The summed E-state index contributed by atoms with van der Waals surface area (Å²) in [4.78, 5) is 17.6. The standard InChI is InChI=1S/C7H5ClN2O2/c8-6-4-9-3-5(10-6)1-2-7(11)12/h1-4H,(H,11,12)/b2-1+. The van der Waals surface area contributed by atoms with Gasteiger partial charge in [-0.2, -0.15) is 0 Å². The molecular formula is C7H5ClN2O2. The minimum Gasteiger partial charge on any atom is -0.478 e. The second kappa shape index (κ2) is 3.82. The van der Waals surface area contributed by atoms with Gasteiger partial charge in [-0.05, 0) is 6.08 Å². The van der Waals surface area contributed by atoms with Crippen molar-refractivity contribution in [1.29, 1.82) is 0 Å². The van der Waals surface area contributed by atoms with E-state index in [0.29, 0.717) is 5.69 Å². The normalized spacial score (nSPS) is 10.4. The molecule has 4 nitrogen and oxygen atoms in total. The Hall–Kier alpha value is -1.42. The number of halogens is 1. The van der Waals surface area contributed by atoms with E-state index in [1.165, 1.54) is 18.5 Å². The predicted molar refractivity (Wildman–Crippen MR) is 43.7 cm³/mol. The summed E-state index contributed by atoms with van der Waals surface area (Å²) in [6.45, 7) is 0. The third-order valence-electron chi connectivity index (χ3n) is 1.02. The molecule has 0 atom stereocenters. The molecule has 1 N–H and O–H groups in total. The van der Waals surface area contributed by atoms with Gasteiger partial charge in [0.05, 0.1) is 18.1 Å². The molecule has 5 heteroatoms. The molecule has 0 aliphatic carbocycles. The minimum absolute atomic E-state index is 0.238. The molecule has 0 radical (unpaired) electrons. The van der Waals surface area contributed by atoms with E-state index in [2.05, 4.69) is 9.97 Å². The van der Waals surface area contributed by atoms with Gasteiger partial charge in [0, 0.05) is 6.08 Å². The smallest absolute Gasteiger partial charge is 0.328 e. The van der Waals surface area contributed by atoms with Crippen LogP contribution >= 0.6 is 11.6 Å². The third-order valence-corrected chi connectivity index (χ3v) is 1.20. The number of carbonyl (C=O) groups is 1. The first-order chi connectivity index (χ1) is 5.68. The van der Waals surface area contributed by atoms with Crippen LogP contribution in [0.2, 0.25) is 5.15 Å². The van der Waals surface area contributed by atoms with E-state index in [0.717, 1.165) is 6.08 Å². The molecule has 0 aliphatic rings. The lowest BCUT2D eigenvalue weighted by atomic mass is 10.4. The number of hydrogen-bond donors (Lipinski definition) is 1. The summed E-state index contributed by atoms with van der Waals surface area (Å²) in [5.74, 6) is -1.03. The van der Waals surface area contributed by atoms with Crippen molar-refractivity contribution >= 4 is 23.6 Å². The number of nitrogens with zero attached hydrogens (tertiary/aromatic N) is 2. The van der Waals surface area contributed by atoms with Gasteiger partial charge >= 0.3 is 5.97 Å². The van der Waals surface area contributed by atoms with Crippen LogP contribution in [-0.2, 0) is 4.79 Å². The lowest BCUT2D eigenvalue weighted by molar-refractivity contribution is -0.131. The Morgan fingerprint density at radius 3 is 2.92 bits per heavy atom. The van der Waals surface area contributed by atoms with Crippen LogP contribution in [0.25, 0.3) is 6.08 Å². The molecule has 62 valence electrons. The molecule has 0 amide bonds. The monoisotopic (exact) mass is 184 g/mol. The first-order valence-electron chi connectivity index (χ1n) is 3.07. The van der Waals surface area contributed by atoms with Crippen LogP contribution in [0.3, 0.4) is 0 Å². The lowest BCUT2D eigenvalue weighted by Crippen LogP contribution is -1.88. The average Bonchev–Trinajstić information content (AvgIpc) is 2.01. The zero-order chi connectivity index (χ0) is 8.97. The van der Waals surface area contributed by atoms with Crippen molar-refractivity contribution in [3.8, 4) is 0 Å². The zero-order valence-electron chi connectivity index (χ0n) is 5.94. The van der Waals surface area contributed by atoms with Gasteiger partial charge in [-0.3, -0.25) is 4.98 Å². The number of aromatic nitrogens is 2. The molecule has 0 unspecified atom stereocenters. The van der Waals surface area contributed by atoms with Crippen LogP contribution in [0.4, 0.5) is 0 Å². The fraction of sp³-hybridized carbons (Fsp3) is 0. The van der Waals surface area contributed by atoms with Crippen LogP contribution < -0.4 is 0 Å². The molecule has 1 aromatic heterocycles. The quantitative estimate of drug-likeness (QED) is 0.703. The highest BCUT2D eigenvalue weighted by molar-refractivity contribution is 6.29. The molecular weight excluding hydrogens is 180 g/mol. The number of rotatable bonds is 2. The third kappa shape index (κ3) is 2.67. The first kappa shape index (κ1) is 8.67. The molecule has 0 aromatic carbocycles. The van der Waals surface area contributed by atoms with Gasteiger partial charge in [0.25, 0.3) is 0 Å². The van der Waals surface area contributed by atoms with E-state index in [4.69, 9.17) is 16.7 Å². The van der Waals surface area contributed by atoms with E-state index in [1.54, 1.807) is 0 Å². The predicted octanol–water partition coefficient (Wildman–Crippen LogP) is 1.23. The van der Waals surface area contributed by atoms with Gasteiger partial charge in [-0.15, -0.1) is 0 Å². The van der Waals surface area contributed by atoms with Gasteiger partial charge in [-0.1, -0.05) is 11.6 Å². The maximum absolute atomic E-state index is 10.1. The van der Waals surface area contributed by atoms with Crippen molar-refractivity contribution in [1.82, 2.24) is 9.97 Å². The minimum atomic E-state index is -1.03. The fourth-order valence-electron chi connectivity index (χ4n) is 0.593. The molecule has 0 bridgehead atoms. The molecule has 12 heavy (non-hydrogen) atoms. The van der Waals surface area contributed by atoms with Crippen molar-refractivity contribution in [2.45, 2.75) is 0 Å². The van der Waals surface area contributed by atoms with Gasteiger partial charge in [0.2, 0.25) is 0 Å². The van der Waals surface area contributed by atoms with E-state index in [9.17, 15) is 4.79 Å². The van der Waals surface area contributed by atoms with Crippen LogP contribution in [0.5, 0.6) is 0 Å². The summed E-state index contributed by atoms with van der Waals surface area (Å²) in [6, 6.07) is 0. The molecule has 1 heterocycles. The van der Waals surface area contributed by atoms with Crippen molar-refractivity contribution in [3.05, 3.63) is 29.3 Å². The molecule has 0 fully saturated rings. The Balaban J connectivity index is 2.83. The SMILES string of the molecule is O=C(O)/C=C/c1cncc(Cl)n1. The second-order valence-corrected chi connectivity index (χ2v) is 2.33. The van der Waals surface area contributed by atoms with Crippen molar-refractivity contribution in [2.75, 3.05) is 0 Å². The Bertz CT molecular complexity index is 325. The van der Waals surface area contributed by atoms with E-state index < -0.39 is 5.97 Å². The largest absolute Gasteiger partial charge is 0.478 e. The van der Waals surface area contributed by atoms with Crippen LogP contribution in [0, 0.1) is 0 Å². The Morgan fingerprint density at radius 2 is 2.33 bits per heavy atom. The molecule has 0 saturated carbocycles. The van der Waals surface area contributed by atoms with Crippen molar-refractivity contribution in [2.24, 2.45) is 0 Å². The summed E-state index contributed by atoms with van der Waals surface area (Å²) in [7, 11) is 0. The van der Waals surface area contributed by atoms with Gasteiger partial charge in [0.15, 0.2) is 0 Å². The van der Waals surface area contributed by atoms with Gasteiger partial charge in [0.1, 0.15) is 5.15 Å². The summed E-state index contributed by atoms with van der Waals surface area (Å²) >= 11 is 5.51. The summed E-state index contributed by atoms with van der Waals surface area (Å²) < 4.78 is 0. The Morgan fingerprint density at radius 1 is 1.58 bits per heavy atom. The van der Waals surface area contributed by atoms with E-state index in [1.807, 2.05) is 0 Å². The van der Waals surface area contributed by atoms with E-state index >= 15 is 0 Å². The van der Waals surface area contributed by atoms with Crippen LogP contribution in [0.15, 0.2) is 18.5 Å². The molecule has 0 aliphatic heterocycles. The highest BCUT2D eigenvalue weighted by Gasteiger charge is 1.92. The molecule has 1 rings (SSSR count). The van der Waals surface area contributed by atoms with E-state index in [-0.39, 0.29) is 5.15 Å². The van der Waals surface area contributed by atoms with Crippen molar-refractivity contribution in [3.63, 3.8) is 0 Å². The lowest BCUT2D eigenvalue weighted by Gasteiger charge is -1.90. The molecule has 0 saturated heterocycles. The fourth-order valence-corrected chi connectivity index (χ4v) is 0.747. The average molecular weight is 185 g/mol. The Kier molecular flexibility index (Phi) is 2.76. The highest BCUT2D eigenvalue weighted by atomic mass is 35.5. The summed E-state index contributed by atoms with van der Waals surface area (Å²) in [5, 5.41) is 8.51. The van der Waals surface area contributed by atoms with Crippen LogP contribution in [0.1, 0.15) is 5.69 Å². The van der Waals surface area contributed by atoms with Crippen LogP contribution in [-0.4, -0.2) is 21.0 Å².